The maximum Gasteiger partial charge on any atom is 0.182 e. The number of rotatable bonds is 2. The Kier molecular flexibility index (Phi) is 2.71. The highest BCUT2D eigenvalue weighted by Gasteiger charge is 2.28. The van der Waals surface area contributed by atoms with Crippen molar-refractivity contribution in [3.63, 3.8) is 0 Å². The molecular weight excluding hydrogens is 288 g/mol. The van der Waals surface area contributed by atoms with Crippen molar-refractivity contribution in [1.29, 1.82) is 0 Å². The van der Waals surface area contributed by atoms with Crippen LogP contribution in [-0.2, 0) is 22.9 Å². The van der Waals surface area contributed by atoms with Crippen LogP contribution in [0.25, 0.3) is 0 Å². The molecule has 0 atom stereocenters. The summed E-state index contributed by atoms with van der Waals surface area (Å²) in [6.45, 7) is 1.89. The lowest BCUT2D eigenvalue weighted by Gasteiger charge is -2.27. The Balaban J connectivity index is 2.01. The van der Waals surface area contributed by atoms with Gasteiger partial charge in [0.25, 0.3) is 0 Å². The third-order valence-corrected chi connectivity index (χ3v) is 5.15. The van der Waals surface area contributed by atoms with Gasteiger partial charge in [-0.15, -0.1) is 10.2 Å². The van der Waals surface area contributed by atoms with Crippen molar-refractivity contribution in [3.05, 3.63) is 12.2 Å². The topological polar surface area (TPSA) is 107 Å². The molecule has 0 bridgehead atoms. The normalized spacial score (nSPS) is 15.5. The quantitative estimate of drug-likeness (QED) is 0.814. The lowest BCUT2D eigenvalue weighted by Crippen LogP contribution is -2.33. The van der Waals surface area contributed by atoms with E-state index in [1.807, 2.05) is 9.47 Å². The molecule has 0 aromatic carbocycles. The Morgan fingerprint density at radius 3 is 2.95 bits per heavy atom. The summed E-state index contributed by atoms with van der Waals surface area (Å²) in [6, 6.07) is 0. The van der Waals surface area contributed by atoms with Crippen molar-refractivity contribution in [2.45, 2.75) is 18.0 Å². The molecule has 19 heavy (non-hydrogen) atoms. The molecule has 0 aliphatic carbocycles. The molecule has 0 amide bonds. The van der Waals surface area contributed by atoms with Crippen molar-refractivity contribution < 1.29 is 8.42 Å². The van der Waals surface area contributed by atoms with E-state index in [9.17, 15) is 8.42 Å². The van der Waals surface area contributed by atoms with E-state index in [2.05, 4.69) is 14.6 Å². The van der Waals surface area contributed by atoms with Crippen LogP contribution in [0.2, 0.25) is 0 Å². The lowest BCUT2D eigenvalue weighted by atomic mass is 10.3. The predicted octanol–water partition coefficient (Wildman–Crippen LogP) is -0.260. The highest BCUT2D eigenvalue weighted by Crippen LogP contribution is 2.35. The molecule has 2 aromatic rings. The molecule has 0 unspecified atom stereocenters. The first-order chi connectivity index (χ1) is 8.97. The van der Waals surface area contributed by atoms with Crippen LogP contribution in [0.3, 0.4) is 0 Å². The summed E-state index contributed by atoms with van der Waals surface area (Å²) in [6.07, 6.45) is 2.81. The standard InChI is InChI=1S/C9H12N6O2S2/c1-19(16,17)7-8(10)13-18-9(7)14-2-3-15-5-11-12-6(15)4-14/h5H,2-4H2,1H3,(H2,10,13). The molecule has 1 aliphatic rings. The van der Waals surface area contributed by atoms with Crippen LogP contribution in [0.4, 0.5) is 10.8 Å². The van der Waals surface area contributed by atoms with E-state index in [-0.39, 0.29) is 10.7 Å². The smallest absolute Gasteiger partial charge is 0.182 e. The van der Waals surface area contributed by atoms with Gasteiger partial charge >= 0.3 is 0 Å². The first-order valence-corrected chi connectivity index (χ1v) is 8.20. The molecule has 3 heterocycles. The first kappa shape index (κ1) is 12.4. The van der Waals surface area contributed by atoms with Crippen molar-refractivity contribution in [2.75, 3.05) is 23.4 Å². The van der Waals surface area contributed by atoms with E-state index in [0.29, 0.717) is 24.6 Å². The van der Waals surface area contributed by atoms with Crippen LogP contribution in [0.15, 0.2) is 11.2 Å². The number of hydrogen-bond acceptors (Lipinski definition) is 8. The maximum atomic E-state index is 11.8. The number of fused-ring (bicyclic) bond motifs is 1. The molecule has 1 aliphatic heterocycles. The Hall–Kier alpha value is -1.68. The van der Waals surface area contributed by atoms with Gasteiger partial charge in [0.2, 0.25) is 0 Å². The number of anilines is 2. The van der Waals surface area contributed by atoms with Crippen LogP contribution < -0.4 is 10.6 Å². The molecule has 102 valence electrons. The Labute approximate surface area is 113 Å². The molecular formula is C9H12N6O2S2. The van der Waals surface area contributed by atoms with E-state index < -0.39 is 9.84 Å². The van der Waals surface area contributed by atoms with Gasteiger partial charge in [-0.3, -0.25) is 0 Å². The maximum absolute atomic E-state index is 11.8. The molecule has 0 saturated carbocycles. The molecule has 0 saturated heterocycles. The largest absolute Gasteiger partial charge is 0.382 e. The van der Waals surface area contributed by atoms with Gasteiger partial charge in [-0.2, -0.15) is 4.37 Å². The van der Waals surface area contributed by atoms with Gasteiger partial charge in [-0.25, -0.2) is 8.42 Å². The van der Waals surface area contributed by atoms with E-state index >= 15 is 0 Å². The zero-order valence-corrected chi connectivity index (χ0v) is 11.8. The minimum atomic E-state index is -3.40. The third kappa shape index (κ3) is 2.06. The SMILES string of the molecule is CS(=O)(=O)c1c(N)nsc1N1CCn2cnnc2C1. The fourth-order valence-electron chi connectivity index (χ4n) is 2.07. The Morgan fingerprint density at radius 1 is 1.42 bits per heavy atom. The Morgan fingerprint density at radius 2 is 2.21 bits per heavy atom. The molecule has 0 radical (unpaired) electrons. The average molecular weight is 300 g/mol. The summed E-state index contributed by atoms with van der Waals surface area (Å²) in [5, 5.41) is 8.42. The number of hydrogen-bond donors (Lipinski definition) is 1. The summed E-state index contributed by atoms with van der Waals surface area (Å²) in [4.78, 5) is 2.04. The summed E-state index contributed by atoms with van der Waals surface area (Å²) in [5.41, 5.74) is 5.67. The summed E-state index contributed by atoms with van der Waals surface area (Å²) in [5.74, 6) is 0.868. The Bertz CT molecular complexity index is 719. The van der Waals surface area contributed by atoms with Gasteiger partial charge in [-0.05, 0) is 11.5 Å². The van der Waals surface area contributed by atoms with E-state index in [1.54, 1.807) is 6.33 Å². The summed E-state index contributed by atoms with van der Waals surface area (Å²) >= 11 is 1.10. The van der Waals surface area contributed by atoms with Crippen molar-refractivity contribution in [3.8, 4) is 0 Å². The molecule has 2 N–H and O–H groups in total. The number of nitrogens with zero attached hydrogens (tertiary/aromatic N) is 5. The van der Waals surface area contributed by atoms with Gasteiger partial charge in [0.05, 0.1) is 6.54 Å². The minimum Gasteiger partial charge on any atom is -0.382 e. The van der Waals surface area contributed by atoms with Gasteiger partial charge in [0, 0.05) is 19.3 Å². The second-order valence-electron chi connectivity index (χ2n) is 4.34. The monoisotopic (exact) mass is 300 g/mol. The van der Waals surface area contributed by atoms with E-state index in [0.717, 1.165) is 23.6 Å². The molecule has 3 rings (SSSR count). The lowest BCUT2D eigenvalue weighted by molar-refractivity contribution is 0.559. The molecule has 2 aromatic heterocycles. The minimum absolute atomic E-state index is 0.0644. The van der Waals surface area contributed by atoms with Crippen molar-refractivity contribution >= 4 is 32.2 Å². The summed E-state index contributed by atoms with van der Waals surface area (Å²) in [7, 11) is -3.40. The van der Waals surface area contributed by atoms with Gasteiger partial charge in [0.15, 0.2) is 21.5 Å². The van der Waals surface area contributed by atoms with Gasteiger partial charge in [-0.1, -0.05) is 0 Å². The highest BCUT2D eigenvalue weighted by molar-refractivity contribution is 7.91. The van der Waals surface area contributed by atoms with Crippen LogP contribution in [-0.4, -0.2) is 40.4 Å². The van der Waals surface area contributed by atoms with E-state index in [1.165, 1.54) is 0 Å². The third-order valence-electron chi connectivity index (χ3n) is 2.95. The van der Waals surface area contributed by atoms with Crippen LogP contribution >= 0.6 is 11.5 Å². The van der Waals surface area contributed by atoms with Crippen LogP contribution in [0.1, 0.15) is 5.82 Å². The van der Waals surface area contributed by atoms with Crippen LogP contribution in [0.5, 0.6) is 0 Å². The average Bonchev–Trinajstić information content (AvgIpc) is 2.92. The highest BCUT2D eigenvalue weighted by atomic mass is 32.2. The zero-order valence-electron chi connectivity index (χ0n) is 10.1. The molecule has 0 spiro atoms. The number of sulfone groups is 1. The fourth-order valence-corrected chi connectivity index (χ4v) is 4.30. The van der Waals surface area contributed by atoms with Crippen LogP contribution in [0, 0.1) is 0 Å². The predicted molar refractivity (Wildman–Crippen MR) is 70.7 cm³/mol. The first-order valence-electron chi connectivity index (χ1n) is 5.53. The number of nitrogen functional groups attached to an aromatic ring is 1. The molecule has 8 nitrogen and oxygen atoms in total. The van der Waals surface area contributed by atoms with Gasteiger partial charge in [0.1, 0.15) is 16.2 Å². The zero-order chi connectivity index (χ0) is 13.6. The second-order valence-corrected chi connectivity index (χ2v) is 7.04. The fraction of sp³-hybridized carbons (Fsp3) is 0.444. The van der Waals surface area contributed by atoms with Crippen molar-refractivity contribution in [2.24, 2.45) is 0 Å². The van der Waals surface area contributed by atoms with Crippen molar-refractivity contribution in [1.82, 2.24) is 19.1 Å². The second kappa shape index (κ2) is 4.17. The number of nitrogens with two attached hydrogens (primary N) is 1. The van der Waals surface area contributed by atoms with Gasteiger partial charge < -0.3 is 15.2 Å². The molecule has 10 heteroatoms. The molecule has 0 fully saturated rings. The summed E-state index contributed by atoms with van der Waals surface area (Å²) < 4.78 is 29.5. The number of aromatic nitrogens is 4. The van der Waals surface area contributed by atoms with E-state index in [4.69, 9.17) is 5.73 Å².